The summed E-state index contributed by atoms with van der Waals surface area (Å²) in [5.74, 6) is -2.93. The van der Waals surface area contributed by atoms with Gasteiger partial charge in [0.05, 0.1) is 65.9 Å². The van der Waals surface area contributed by atoms with Crippen molar-refractivity contribution in [1.29, 1.82) is 0 Å². The van der Waals surface area contributed by atoms with Crippen molar-refractivity contribution in [2.24, 2.45) is 0 Å². The molecule has 0 aliphatic heterocycles. The number of benzene rings is 8. The highest BCUT2D eigenvalue weighted by molar-refractivity contribution is 6.23. The summed E-state index contributed by atoms with van der Waals surface area (Å²) in [6.07, 6.45) is 0. The highest BCUT2D eigenvalue weighted by Crippen LogP contribution is 2.42. The zero-order valence-electron chi connectivity index (χ0n) is 59.8. The Bertz CT molecular complexity index is 5010. The summed E-state index contributed by atoms with van der Waals surface area (Å²) in [5, 5.41) is -2.43. The van der Waals surface area contributed by atoms with Crippen LogP contribution >= 0.6 is 0 Å². The third kappa shape index (κ3) is 5.21. The Hall–Kier alpha value is -7.63. The minimum atomic E-state index is -1.10. The number of aromatic nitrogens is 5. The van der Waals surface area contributed by atoms with Crippen LogP contribution in [0.25, 0.3) is 100 Å². The molecule has 0 aliphatic carbocycles. The molecule has 56 heavy (non-hydrogen) atoms. The van der Waals surface area contributed by atoms with Crippen LogP contribution in [0.5, 0.6) is 0 Å². The van der Waals surface area contributed by atoms with E-state index in [2.05, 4.69) is 15.0 Å². The van der Waals surface area contributed by atoms with Crippen LogP contribution in [0.2, 0.25) is 0 Å². The SMILES string of the molecule is [2H]c1cc(-n2c3c([2H])c([2H])c([2H])c([2H])c3c3c([2H])c([2H])c4c5c([2H])c([2H])c([2H])c([2H])c5n(-c5nc(-c6c([2H])c([2H])c([2H])c([2H])c6[2H])nc(-c6c([2H])c([2H])c(-c7c([2H])c([2H])c([2H])c([2H])c7[2H])c([2H])c6[2H])n5)c4c32)c([2H])c([2H])c1-c1c([2H])c([2H])c([2H])c([2H])c1[2H]. The first-order valence-electron chi connectivity index (χ1n) is 32.3. The first-order valence-corrected chi connectivity index (χ1v) is 16.3. The van der Waals surface area contributed by atoms with Gasteiger partial charge in [0, 0.05) is 38.4 Å². The fourth-order valence-electron chi connectivity index (χ4n) is 6.19. The third-order valence-corrected chi connectivity index (χ3v) is 8.55. The van der Waals surface area contributed by atoms with Gasteiger partial charge in [-0.25, -0.2) is 4.98 Å². The second-order valence-corrected chi connectivity index (χ2v) is 11.6. The normalized spacial score (nSPS) is 19.6. The molecule has 5 nitrogen and oxygen atoms in total. The minimum Gasteiger partial charge on any atom is -0.307 e. The van der Waals surface area contributed by atoms with Gasteiger partial charge < -0.3 is 4.57 Å². The molecule has 3 heterocycles. The van der Waals surface area contributed by atoms with Gasteiger partial charge in [0.25, 0.3) is 0 Å². The first-order chi connectivity index (χ1) is 41.1. The molecule has 0 fully saturated rings. The Balaban J connectivity index is 1.41. The first kappa shape index (κ1) is 13.3. The van der Waals surface area contributed by atoms with Gasteiger partial charge in [-0.05, 0) is 46.4 Å². The topological polar surface area (TPSA) is 48.5 Å². The van der Waals surface area contributed by atoms with Crippen LogP contribution in [0.4, 0.5) is 0 Å². The van der Waals surface area contributed by atoms with Crippen LogP contribution in [0.15, 0.2) is 199 Å². The Morgan fingerprint density at radius 3 is 1.32 bits per heavy atom. The van der Waals surface area contributed by atoms with Crippen LogP contribution in [-0.2, 0) is 0 Å². The van der Waals surface area contributed by atoms with Crippen LogP contribution in [-0.4, -0.2) is 24.1 Å². The van der Waals surface area contributed by atoms with Crippen molar-refractivity contribution in [3.8, 4) is 56.7 Å². The van der Waals surface area contributed by atoms with Crippen LogP contribution < -0.4 is 0 Å². The van der Waals surface area contributed by atoms with Gasteiger partial charge in [-0.15, -0.1) is 0 Å². The summed E-state index contributed by atoms with van der Waals surface area (Å²) in [7, 11) is 0. The third-order valence-electron chi connectivity index (χ3n) is 8.55. The Morgan fingerprint density at radius 1 is 0.321 bits per heavy atom. The van der Waals surface area contributed by atoms with Crippen LogP contribution in [0.3, 0.4) is 0 Å². The van der Waals surface area contributed by atoms with E-state index < -0.39 is 294 Å². The molecule has 0 spiro atoms. The number of nitrogens with zero attached hydrogens (tertiary/aromatic N) is 5. The lowest BCUT2D eigenvalue weighted by Crippen LogP contribution is -2.07. The van der Waals surface area contributed by atoms with Crippen molar-refractivity contribution in [2.45, 2.75) is 0 Å². The van der Waals surface area contributed by atoms with E-state index in [9.17, 15) is 17.8 Å². The summed E-state index contributed by atoms with van der Waals surface area (Å²) in [6.45, 7) is 0. The van der Waals surface area contributed by atoms with Crippen molar-refractivity contribution in [3.63, 3.8) is 0 Å². The average molecular weight is 748 g/mol. The molecule has 262 valence electrons. The van der Waals surface area contributed by atoms with Crippen molar-refractivity contribution in [2.75, 3.05) is 0 Å². The quantitative estimate of drug-likeness (QED) is 0.170. The number of hydrogen-bond acceptors (Lipinski definition) is 3. The molecule has 0 saturated carbocycles. The van der Waals surface area contributed by atoms with Crippen LogP contribution in [0, 0.1) is 0 Å². The molecule has 0 amide bonds. The molecule has 0 bridgehead atoms. The maximum Gasteiger partial charge on any atom is 0.238 e. The van der Waals surface area contributed by atoms with Gasteiger partial charge in [-0.3, -0.25) is 4.57 Å². The zero-order chi connectivity index (χ0) is 64.9. The summed E-state index contributed by atoms with van der Waals surface area (Å²) in [6, 6.07) is -29.4. The van der Waals surface area contributed by atoms with E-state index in [1.807, 2.05) is 0 Å². The van der Waals surface area contributed by atoms with Crippen molar-refractivity contribution in [1.82, 2.24) is 24.1 Å². The lowest BCUT2D eigenvalue weighted by Gasteiger charge is -2.14. The van der Waals surface area contributed by atoms with E-state index in [0.717, 1.165) is 15.2 Å². The van der Waals surface area contributed by atoms with Gasteiger partial charge in [-0.2, -0.15) is 9.97 Å². The standard InChI is InChI=1S/C51H33N5/c1-4-14-34(15-5-1)36-24-26-39(27-25-36)50-52-49(38-18-8-3-9-19-38)53-51(54-50)56-46-23-13-11-21-42(46)44-33-32-43-41-20-10-12-22-45(41)55(47(43)48(44)56)40-30-28-37(29-31-40)35-16-6-2-7-17-35/h1-33H/i1D,2D,3D,4D,5D,6D,7D,8D,9D,10D,11D,12D,13D,14D,15D,16D,17D,18D,19D,20D,21D,22D,23D,24D,25D,26D,27D,28D,29D,30D,32D,33D. The van der Waals surface area contributed by atoms with Crippen molar-refractivity contribution in [3.05, 3.63) is 199 Å². The highest BCUT2D eigenvalue weighted by Gasteiger charge is 2.23. The van der Waals surface area contributed by atoms with E-state index in [1.165, 1.54) is 0 Å². The van der Waals surface area contributed by atoms with Crippen molar-refractivity contribution < 1.29 is 43.9 Å². The molecule has 0 unspecified atom stereocenters. The van der Waals surface area contributed by atoms with E-state index in [4.69, 9.17) is 26.0 Å². The maximum absolute atomic E-state index is 9.75. The highest BCUT2D eigenvalue weighted by atomic mass is 15.2. The number of rotatable bonds is 6. The lowest BCUT2D eigenvalue weighted by molar-refractivity contribution is 0.953. The number of para-hydroxylation sites is 2. The molecule has 11 aromatic rings. The zero-order valence-corrected chi connectivity index (χ0v) is 27.8. The minimum absolute atomic E-state index is 0.580. The van der Waals surface area contributed by atoms with Crippen molar-refractivity contribution >= 4 is 43.6 Å². The Kier molecular flexibility index (Phi) is 3.10. The summed E-state index contributed by atoms with van der Waals surface area (Å²) >= 11 is 0. The fourth-order valence-corrected chi connectivity index (χ4v) is 6.19. The lowest BCUT2D eigenvalue weighted by atomic mass is 10.0. The van der Waals surface area contributed by atoms with Crippen LogP contribution in [0.1, 0.15) is 43.9 Å². The molecule has 0 N–H and O–H groups in total. The smallest absolute Gasteiger partial charge is 0.238 e. The van der Waals surface area contributed by atoms with Gasteiger partial charge in [-0.1, -0.05) is 175 Å². The molecule has 0 aliphatic rings. The maximum atomic E-state index is 9.75. The molecule has 3 aromatic heterocycles. The Morgan fingerprint density at radius 2 is 0.732 bits per heavy atom. The molecular formula is C51H33N5. The second-order valence-electron chi connectivity index (χ2n) is 11.6. The molecular weight excluding hydrogens is 683 g/mol. The molecule has 0 saturated heterocycles. The Labute approximate surface area is 368 Å². The largest absolute Gasteiger partial charge is 0.307 e. The predicted octanol–water partition coefficient (Wildman–Crippen LogP) is 12.7. The van der Waals surface area contributed by atoms with Gasteiger partial charge in [0.15, 0.2) is 11.6 Å². The molecule has 8 aromatic carbocycles. The molecule has 11 rings (SSSR count). The number of hydrogen-bond donors (Lipinski definition) is 0. The van der Waals surface area contributed by atoms with Gasteiger partial charge in [0.2, 0.25) is 5.95 Å². The molecule has 0 atom stereocenters. The number of fused-ring (bicyclic) bond motifs is 7. The van der Waals surface area contributed by atoms with Gasteiger partial charge in [0.1, 0.15) is 0 Å². The van der Waals surface area contributed by atoms with E-state index in [-0.39, 0.29) is 0 Å². The summed E-state index contributed by atoms with van der Waals surface area (Å²) in [4.78, 5) is 13.4. The summed E-state index contributed by atoms with van der Waals surface area (Å²) < 4.78 is 288. The molecule has 0 radical (unpaired) electrons. The van der Waals surface area contributed by atoms with Gasteiger partial charge >= 0.3 is 0 Å². The second kappa shape index (κ2) is 13.0. The monoisotopic (exact) mass is 747 g/mol. The predicted molar refractivity (Wildman–Crippen MR) is 230 cm³/mol. The van der Waals surface area contributed by atoms with E-state index in [1.54, 1.807) is 0 Å². The van der Waals surface area contributed by atoms with E-state index >= 15 is 0 Å². The summed E-state index contributed by atoms with van der Waals surface area (Å²) in [5.41, 5.74) is -8.03. The fraction of sp³-hybridized carbons (Fsp3) is 0. The van der Waals surface area contributed by atoms with E-state index in [0.29, 0.717) is 0 Å². The molecule has 5 heteroatoms. The average Bonchev–Trinajstić information content (AvgIpc) is 1.59.